The number of aryl methyl sites for hydroxylation is 1. The molecule has 0 aliphatic carbocycles. The normalized spacial score (nSPS) is 8.91. The summed E-state index contributed by atoms with van der Waals surface area (Å²) in [6.07, 6.45) is 0. The molecule has 1 aromatic rings. The monoisotopic (exact) mass is 334 g/mol. The molecule has 0 bridgehead atoms. The Balaban J connectivity index is 0.000001000. The van der Waals surface area contributed by atoms with Gasteiger partial charge in [-0.05, 0) is 5.69 Å². The van der Waals surface area contributed by atoms with Gasteiger partial charge >= 0.3 is 22.4 Å². The van der Waals surface area contributed by atoms with Crippen molar-refractivity contribution in [2.75, 3.05) is 0 Å². The first-order valence-corrected chi connectivity index (χ1v) is 2.94. The van der Waals surface area contributed by atoms with Crippen LogP contribution >= 0.6 is 0 Å². The van der Waals surface area contributed by atoms with Gasteiger partial charge < -0.3 is 11.1 Å². The van der Waals surface area contributed by atoms with Crippen molar-refractivity contribution in [1.82, 2.24) is 10.2 Å². The molecule has 4 nitrogen and oxygen atoms in total. The molecule has 0 aromatic carbocycles. The summed E-state index contributed by atoms with van der Waals surface area (Å²) in [7, 11) is 0. The summed E-state index contributed by atoms with van der Waals surface area (Å²) in [6, 6.07) is 0. The van der Waals surface area contributed by atoms with Gasteiger partial charge in [0.1, 0.15) is 0 Å². The van der Waals surface area contributed by atoms with Crippen LogP contribution in [0.1, 0.15) is 17.0 Å². The van der Waals surface area contributed by atoms with Gasteiger partial charge in [0.25, 0.3) is 0 Å². The van der Waals surface area contributed by atoms with E-state index in [0.717, 1.165) is 11.3 Å². The molecule has 0 unspecified atom stereocenters. The second-order valence-corrected chi connectivity index (χ2v) is 2.17. The topological polar surface area (TPSA) is 75.7 Å². The minimum Gasteiger partial charge on any atom is -0.397 e. The van der Waals surface area contributed by atoms with E-state index in [4.69, 9.17) is 11.1 Å². The van der Waals surface area contributed by atoms with E-state index in [2.05, 4.69) is 10.2 Å². The van der Waals surface area contributed by atoms with Crippen LogP contribution in [-0.2, 0) is 22.4 Å². The third-order valence-electron chi connectivity index (χ3n) is 1.45. The molecule has 0 amide bonds. The van der Waals surface area contributed by atoms with E-state index in [1.165, 1.54) is 0 Å². The molecular weight excluding hydrogens is 325 g/mol. The Hall–Kier alpha value is -0.580. The zero-order valence-electron chi connectivity index (χ0n) is 6.27. The Morgan fingerprint density at radius 3 is 2.36 bits per heavy atom. The van der Waals surface area contributed by atoms with Crippen LogP contribution in [0.4, 0.5) is 0 Å². The SMILES string of the molecule is Cc1c(C(=N)N)nn[c-]1C.[Au+]. The fourth-order valence-electron chi connectivity index (χ4n) is 0.702. The van der Waals surface area contributed by atoms with Crippen molar-refractivity contribution in [3.8, 4) is 0 Å². The molecule has 5 heteroatoms. The maximum Gasteiger partial charge on any atom is 1.00 e. The van der Waals surface area contributed by atoms with Crippen LogP contribution in [0.5, 0.6) is 0 Å². The van der Waals surface area contributed by atoms with Crippen molar-refractivity contribution in [3.63, 3.8) is 0 Å². The van der Waals surface area contributed by atoms with Crippen LogP contribution < -0.4 is 5.73 Å². The number of aromatic nitrogens is 2. The van der Waals surface area contributed by atoms with Crippen molar-refractivity contribution < 1.29 is 22.4 Å². The van der Waals surface area contributed by atoms with Crippen LogP contribution in [0.3, 0.4) is 0 Å². The summed E-state index contributed by atoms with van der Waals surface area (Å²) in [6.45, 7) is 3.70. The first kappa shape index (κ1) is 10.4. The molecule has 0 saturated heterocycles. The minimum absolute atomic E-state index is 0. The average Bonchev–Trinajstić information content (AvgIpc) is 2.14. The summed E-state index contributed by atoms with van der Waals surface area (Å²) in [4.78, 5) is 0. The minimum atomic E-state index is -0.0156. The van der Waals surface area contributed by atoms with Gasteiger partial charge in [-0.2, -0.15) is 5.56 Å². The van der Waals surface area contributed by atoms with Crippen LogP contribution in [0, 0.1) is 19.3 Å². The second-order valence-electron chi connectivity index (χ2n) is 2.17. The van der Waals surface area contributed by atoms with Crippen LogP contribution in [0.15, 0.2) is 0 Å². The molecule has 3 N–H and O–H groups in total. The van der Waals surface area contributed by atoms with Gasteiger partial charge in [0.2, 0.25) is 0 Å². The first-order chi connectivity index (χ1) is 4.63. The Kier molecular flexibility index (Phi) is 3.51. The maximum atomic E-state index is 7.06. The Labute approximate surface area is 80.6 Å². The summed E-state index contributed by atoms with van der Waals surface area (Å²) in [5, 5.41) is 14.5. The van der Waals surface area contributed by atoms with Gasteiger partial charge in [0.05, 0.1) is 5.84 Å². The van der Waals surface area contributed by atoms with Gasteiger partial charge in [0, 0.05) is 0 Å². The number of nitrogens with one attached hydrogen (secondary N) is 1. The standard InChI is InChI=1S/C6H9N4.Au/c1-3-4(2)9-10-5(3)6(7)8;/h1-2H3,(H3,7,8);/q-1;+1. The molecule has 0 spiro atoms. The van der Waals surface area contributed by atoms with Crippen molar-refractivity contribution >= 4 is 5.84 Å². The van der Waals surface area contributed by atoms with E-state index < -0.39 is 0 Å². The Morgan fingerprint density at radius 2 is 2.18 bits per heavy atom. The third-order valence-corrected chi connectivity index (χ3v) is 1.45. The van der Waals surface area contributed by atoms with Gasteiger partial charge in [0.15, 0.2) is 0 Å². The number of hydrogen-bond donors (Lipinski definition) is 2. The molecule has 0 atom stereocenters. The Morgan fingerprint density at radius 1 is 1.64 bits per heavy atom. The maximum absolute atomic E-state index is 7.06. The molecule has 0 fully saturated rings. The van der Waals surface area contributed by atoms with Gasteiger partial charge in [-0.15, -0.1) is 0 Å². The van der Waals surface area contributed by atoms with E-state index in [0.29, 0.717) is 5.69 Å². The van der Waals surface area contributed by atoms with E-state index in [9.17, 15) is 0 Å². The number of nitrogens with two attached hydrogens (primary N) is 1. The molecule has 0 saturated carbocycles. The smallest absolute Gasteiger partial charge is 0.397 e. The number of rotatable bonds is 1. The van der Waals surface area contributed by atoms with E-state index >= 15 is 0 Å². The number of amidine groups is 1. The zero-order valence-corrected chi connectivity index (χ0v) is 8.44. The fourth-order valence-corrected chi connectivity index (χ4v) is 0.702. The first-order valence-electron chi connectivity index (χ1n) is 2.94. The number of nitrogen functional groups attached to an aromatic ring is 1. The molecule has 1 rings (SSSR count). The van der Waals surface area contributed by atoms with E-state index in [1.807, 2.05) is 13.8 Å². The van der Waals surface area contributed by atoms with Gasteiger partial charge in [-0.25, -0.2) is 0 Å². The average molecular weight is 334 g/mol. The van der Waals surface area contributed by atoms with Crippen molar-refractivity contribution in [2.45, 2.75) is 13.8 Å². The summed E-state index contributed by atoms with van der Waals surface area (Å²) in [5.74, 6) is -0.0156. The molecule has 0 radical (unpaired) electrons. The molecule has 1 heterocycles. The molecule has 0 aliphatic heterocycles. The van der Waals surface area contributed by atoms with Gasteiger partial charge in [-0.3, -0.25) is 10.2 Å². The predicted molar refractivity (Wildman–Crippen MR) is 38.1 cm³/mol. The van der Waals surface area contributed by atoms with Crippen molar-refractivity contribution in [2.24, 2.45) is 5.73 Å². The quantitative estimate of drug-likeness (QED) is 0.331. The van der Waals surface area contributed by atoms with Crippen molar-refractivity contribution in [1.29, 1.82) is 5.41 Å². The molecule has 64 valence electrons. The third kappa shape index (κ3) is 1.92. The molecule has 11 heavy (non-hydrogen) atoms. The second kappa shape index (κ2) is 3.71. The fraction of sp³-hybridized carbons (Fsp3) is 0.333. The molecule has 1 aromatic heterocycles. The predicted octanol–water partition coefficient (Wildman–Crippen LogP) is 0.0939. The summed E-state index contributed by atoms with van der Waals surface area (Å²) < 4.78 is 0. The zero-order chi connectivity index (χ0) is 7.72. The molecule has 0 aliphatic rings. The van der Waals surface area contributed by atoms with Crippen LogP contribution in [0.25, 0.3) is 0 Å². The van der Waals surface area contributed by atoms with Crippen LogP contribution in [0.2, 0.25) is 0 Å². The van der Waals surface area contributed by atoms with Crippen molar-refractivity contribution in [3.05, 3.63) is 17.0 Å². The Bertz CT molecular complexity index is 266. The number of hydrogen-bond acceptors (Lipinski definition) is 3. The summed E-state index contributed by atoms with van der Waals surface area (Å²) in [5.41, 5.74) is 7.44. The molecular formula is C6H9AuN4. The van der Waals surface area contributed by atoms with E-state index in [-0.39, 0.29) is 28.2 Å². The van der Waals surface area contributed by atoms with Gasteiger partial charge in [-0.1, -0.05) is 19.5 Å². The summed E-state index contributed by atoms with van der Waals surface area (Å²) >= 11 is 0. The number of nitrogens with zero attached hydrogens (tertiary/aromatic N) is 2. The van der Waals surface area contributed by atoms with E-state index in [1.54, 1.807) is 0 Å². The largest absolute Gasteiger partial charge is 1.00 e. The van der Waals surface area contributed by atoms with Crippen LogP contribution in [-0.4, -0.2) is 16.0 Å².